The molecule has 0 aliphatic heterocycles. The molecular formula is C15H19N3. The van der Waals surface area contributed by atoms with Crippen LogP contribution in [0.15, 0.2) is 30.6 Å². The van der Waals surface area contributed by atoms with Crippen molar-refractivity contribution in [3.63, 3.8) is 0 Å². The van der Waals surface area contributed by atoms with Crippen molar-refractivity contribution in [2.24, 2.45) is 17.8 Å². The van der Waals surface area contributed by atoms with E-state index in [0.29, 0.717) is 0 Å². The van der Waals surface area contributed by atoms with Gasteiger partial charge in [-0.3, -0.25) is 4.40 Å². The van der Waals surface area contributed by atoms with Crippen molar-refractivity contribution < 1.29 is 0 Å². The number of nitrogens with zero attached hydrogens (tertiary/aromatic N) is 2. The highest BCUT2D eigenvalue weighted by Crippen LogP contribution is 2.49. The van der Waals surface area contributed by atoms with Crippen LogP contribution >= 0.6 is 0 Å². The predicted molar refractivity (Wildman–Crippen MR) is 72.6 cm³/mol. The highest BCUT2D eigenvalue weighted by molar-refractivity contribution is 5.49. The summed E-state index contributed by atoms with van der Waals surface area (Å²) in [6.07, 6.45) is 9.72. The largest absolute Gasteiger partial charge is 0.371 e. The summed E-state index contributed by atoms with van der Waals surface area (Å²) in [6.45, 7) is 1.13. The number of nitrogens with one attached hydrogen (secondary N) is 1. The molecule has 4 rings (SSSR count). The minimum Gasteiger partial charge on any atom is -0.371 e. The molecule has 94 valence electrons. The lowest BCUT2D eigenvalue weighted by atomic mass is 9.98. The second-order valence-electron chi connectivity index (χ2n) is 5.79. The smallest absolute Gasteiger partial charge is 0.138 e. The summed E-state index contributed by atoms with van der Waals surface area (Å²) in [7, 11) is 0. The van der Waals surface area contributed by atoms with Crippen LogP contribution in [0.2, 0.25) is 0 Å². The van der Waals surface area contributed by atoms with E-state index in [4.69, 9.17) is 0 Å². The number of fused-ring (bicyclic) bond motifs is 1. The van der Waals surface area contributed by atoms with Gasteiger partial charge in [-0.1, -0.05) is 6.07 Å². The van der Waals surface area contributed by atoms with E-state index in [2.05, 4.69) is 26.8 Å². The Morgan fingerprint density at radius 1 is 1.22 bits per heavy atom. The van der Waals surface area contributed by atoms with Gasteiger partial charge in [0, 0.05) is 18.9 Å². The van der Waals surface area contributed by atoms with Crippen molar-refractivity contribution in [2.45, 2.75) is 25.7 Å². The summed E-state index contributed by atoms with van der Waals surface area (Å²) in [4.78, 5) is 4.32. The Morgan fingerprint density at radius 2 is 2.00 bits per heavy atom. The molecule has 2 aliphatic carbocycles. The third-order valence-corrected chi connectivity index (χ3v) is 4.40. The fourth-order valence-corrected chi connectivity index (χ4v) is 3.08. The second-order valence-corrected chi connectivity index (χ2v) is 5.79. The van der Waals surface area contributed by atoms with Crippen molar-refractivity contribution in [1.29, 1.82) is 0 Å². The van der Waals surface area contributed by atoms with Gasteiger partial charge in [0.05, 0.1) is 0 Å². The lowest BCUT2D eigenvalue weighted by molar-refractivity contribution is 0.427. The third-order valence-electron chi connectivity index (χ3n) is 4.40. The van der Waals surface area contributed by atoms with Gasteiger partial charge in [0.25, 0.3) is 0 Å². The molecule has 18 heavy (non-hydrogen) atoms. The van der Waals surface area contributed by atoms with Crippen LogP contribution in [0.4, 0.5) is 5.82 Å². The van der Waals surface area contributed by atoms with Crippen LogP contribution in [0.3, 0.4) is 0 Å². The molecule has 2 aromatic rings. The van der Waals surface area contributed by atoms with E-state index in [0.717, 1.165) is 29.9 Å². The molecule has 3 heteroatoms. The Balaban J connectivity index is 1.51. The zero-order valence-corrected chi connectivity index (χ0v) is 10.5. The number of anilines is 1. The zero-order chi connectivity index (χ0) is 11.9. The van der Waals surface area contributed by atoms with Crippen molar-refractivity contribution in [3.8, 4) is 0 Å². The SMILES string of the molecule is c1cc(NCC(C2CC2)C2CC2)n2ccnc2c1. The van der Waals surface area contributed by atoms with Gasteiger partial charge >= 0.3 is 0 Å². The fraction of sp³-hybridized carbons (Fsp3) is 0.533. The lowest BCUT2D eigenvalue weighted by Gasteiger charge is -2.17. The van der Waals surface area contributed by atoms with E-state index >= 15 is 0 Å². The van der Waals surface area contributed by atoms with Gasteiger partial charge in [-0.2, -0.15) is 0 Å². The van der Waals surface area contributed by atoms with Crippen LogP contribution in [0.5, 0.6) is 0 Å². The first-order valence-electron chi connectivity index (χ1n) is 7.08. The number of pyridine rings is 1. The Kier molecular flexibility index (Phi) is 2.32. The lowest BCUT2D eigenvalue weighted by Crippen LogP contribution is -2.19. The highest BCUT2D eigenvalue weighted by atomic mass is 15.1. The molecule has 2 aliphatic rings. The molecule has 0 bridgehead atoms. The van der Waals surface area contributed by atoms with Crippen LogP contribution < -0.4 is 5.32 Å². The molecule has 0 atom stereocenters. The van der Waals surface area contributed by atoms with Crippen LogP contribution in [0.1, 0.15) is 25.7 Å². The number of imidazole rings is 1. The first-order chi connectivity index (χ1) is 8.92. The molecule has 2 aromatic heterocycles. The summed E-state index contributed by atoms with van der Waals surface area (Å²) >= 11 is 0. The van der Waals surface area contributed by atoms with Gasteiger partial charge in [0.2, 0.25) is 0 Å². The van der Waals surface area contributed by atoms with Crippen LogP contribution in [-0.4, -0.2) is 15.9 Å². The molecule has 2 saturated carbocycles. The molecule has 1 N–H and O–H groups in total. The summed E-state index contributed by atoms with van der Waals surface area (Å²) in [5.41, 5.74) is 1.02. The maximum absolute atomic E-state index is 4.32. The van der Waals surface area contributed by atoms with Crippen molar-refractivity contribution in [2.75, 3.05) is 11.9 Å². The van der Waals surface area contributed by atoms with Gasteiger partial charge in [0.1, 0.15) is 11.5 Å². The Hall–Kier alpha value is -1.51. The van der Waals surface area contributed by atoms with Gasteiger partial charge in [-0.25, -0.2) is 4.98 Å². The van der Waals surface area contributed by atoms with Gasteiger partial charge in [-0.15, -0.1) is 0 Å². The predicted octanol–water partition coefficient (Wildman–Crippen LogP) is 3.18. The summed E-state index contributed by atoms with van der Waals surface area (Å²) in [5.74, 6) is 4.10. The van der Waals surface area contributed by atoms with Gasteiger partial charge in [-0.05, 0) is 55.6 Å². The van der Waals surface area contributed by atoms with Crippen LogP contribution in [0.25, 0.3) is 5.65 Å². The molecule has 0 spiro atoms. The van der Waals surface area contributed by atoms with E-state index in [1.54, 1.807) is 0 Å². The summed E-state index contributed by atoms with van der Waals surface area (Å²) in [5, 5.41) is 3.64. The molecule has 0 amide bonds. The minimum atomic E-state index is 0.906. The van der Waals surface area contributed by atoms with E-state index in [-0.39, 0.29) is 0 Å². The first kappa shape index (κ1) is 10.4. The van der Waals surface area contributed by atoms with Gasteiger partial charge < -0.3 is 5.32 Å². The number of hydrogen-bond acceptors (Lipinski definition) is 2. The third kappa shape index (κ3) is 1.88. The average molecular weight is 241 g/mol. The van der Waals surface area contributed by atoms with E-state index in [9.17, 15) is 0 Å². The monoisotopic (exact) mass is 241 g/mol. The number of aromatic nitrogens is 2. The van der Waals surface area contributed by atoms with Crippen molar-refractivity contribution >= 4 is 11.5 Å². The topological polar surface area (TPSA) is 29.3 Å². The Morgan fingerprint density at radius 3 is 2.72 bits per heavy atom. The maximum atomic E-state index is 4.32. The van der Waals surface area contributed by atoms with Crippen molar-refractivity contribution in [3.05, 3.63) is 30.6 Å². The molecule has 0 radical (unpaired) electrons. The summed E-state index contributed by atoms with van der Waals surface area (Å²) < 4.78 is 2.14. The molecule has 2 heterocycles. The van der Waals surface area contributed by atoms with E-state index in [1.807, 2.05) is 18.5 Å². The quantitative estimate of drug-likeness (QED) is 0.871. The highest BCUT2D eigenvalue weighted by Gasteiger charge is 2.41. The molecular weight excluding hydrogens is 222 g/mol. The molecule has 0 unspecified atom stereocenters. The second kappa shape index (κ2) is 4.01. The average Bonchev–Trinajstić information content (AvgIpc) is 3.30. The minimum absolute atomic E-state index is 0.906. The molecule has 3 nitrogen and oxygen atoms in total. The molecule has 0 saturated heterocycles. The zero-order valence-electron chi connectivity index (χ0n) is 10.5. The van der Waals surface area contributed by atoms with E-state index < -0.39 is 0 Å². The number of rotatable bonds is 5. The van der Waals surface area contributed by atoms with Gasteiger partial charge in [0.15, 0.2) is 0 Å². The molecule has 0 aromatic carbocycles. The van der Waals surface area contributed by atoms with Crippen LogP contribution in [0, 0.1) is 17.8 Å². The summed E-state index contributed by atoms with van der Waals surface area (Å²) in [6, 6.07) is 6.27. The Bertz CT molecular complexity index is 540. The van der Waals surface area contributed by atoms with Crippen LogP contribution in [-0.2, 0) is 0 Å². The Labute approximate surface area is 107 Å². The number of hydrogen-bond donors (Lipinski definition) is 1. The normalized spacial score (nSPS) is 19.6. The van der Waals surface area contributed by atoms with E-state index in [1.165, 1.54) is 31.5 Å². The fourth-order valence-electron chi connectivity index (χ4n) is 3.08. The van der Waals surface area contributed by atoms with Crippen molar-refractivity contribution in [1.82, 2.24) is 9.38 Å². The molecule has 2 fully saturated rings. The maximum Gasteiger partial charge on any atom is 0.138 e. The standard InChI is InChI=1S/C15H19N3/c1-2-14-16-8-9-18(14)15(3-1)17-10-13(11-4-5-11)12-6-7-12/h1-3,8-9,11-13,17H,4-7,10H2. The first-order valence-corrected chi connectivity index (χ1v) is 7.08.